The minimum Gasteiger partial charge on any atom is -0.346 e. The summed E-state index contributed by atoms with van der Waals surface area (Å²) in [5, 5.41) is 4.83. The van der Waals surface area contributed by atoms with Crippen molar-refractivity contribution in [1.29, 1.82) is 0 Å². The largest absolute Gasteiger partial charge is 0.405 e. The van der Waals surface area contributed by atoms with E-state index < -0.39 is 30.6 Å². The van der Waals surface area contributed by atoms with Gasteiger partial charge >= 0.3 is 6.18 Å². The molecule has 1 aliphatic rings. The van der Waals surface area contributed by atoms with Crippen molar-refractivity contribution in [3.63, 3.8) is 0 Å². The van der Waals surface area contributed by atoms with E-state index in [1.807, 2.05) is 5.32 Å². The minimum atomic E-state index is -4.46. The van der Waals surface area contributed by atoms with Crippen molar-refractivity contribution in [3.05, 3.63) is 23.4 Å². The van der Waals surface area contributed by atoms with Crippen LogP contribution in [0.3, 0.4) is 0 Å². The van der Waals surface area contributed by atoms with E-state index in [2.05, 4.69) is 10.3 Å². The standard InChI is InChI=1S/C14H16ClF3N4O2/c15-9-3-4-11(19-6-9)21-12(23)7-22-5-1-2-10(22)13(24)20-8-14(16,17)18/h3-4,6,10H,1-2,5,7-8H2,(H,20,24)(H,19,21,23)/t10-/m1/s1. The van der Waals surface area contributed by atoms with Crippen molar-refractivity contribution in [3.8, 4) is 0 Å². The topological polar surface area (TPSA) is 74.3 Å². The molecule has 1 saturated heterocycles. The molecule has 0 aliphatic carbocycles. The number of nitrogens with zero attached hydrogens (tertiary/aromatic N) is 2. The van der Waals surface area contributed by atoms with E-state index in [-0.39, 0.29) is 6.54 Å². The number of carbonyl (C=O) groups is 2. The molecule has 10 heteroatoms. The molecule has 0 radical (unpaired) electrons. The first-order valence-corrected chi connectivity index (χ1v) is 7.62. The average molecular weight is 365 g/mol. The van der Waals surface area contributed by atoms with Crippen LogP contribution in [0.4, 0.5) is 19.0 Å². The molecular weight excluding hydrogens is 349 g/mol. The van der Waals surface area contributed by atoms with E-state index in [9.17, 15) is 22.8 Å². The first kappa shape index (κ1) is 18.5. The molecule has 1 fully saturated rings. The molecule has 0 unspecified atom stereocenters. The lowest BCUT2D eigenvalue weighted by atomic mass is 10.2. The maximum Gasteiger partial charge on any atom is 0.405 e. The molecule has 24 heavy (non-hydrogen) atoms. The van der Waals surface area contributed by atoms with Gasteiger partial charge in [-0.05, 0) is 31.5 Å². The van der Waals surface area contributed by atoms with Crippen LogP contribution in [0.2, 0.25) is 5.02 Å². The van der Waals surface area contributed by atoms with Gasteiger partial charge in [0.2, 0.25) is 11.8 Å². The summed E-state index contributed by atoms with van der Waals surface area (Å²) >= 11 is 5.69. The van der Waals surface area contributed by atoms with Crippen LogP contribution in [-0.4, -0.2) is 53.6 Å². The summed E-state index contributed by atoms with van der Waals surface area (Å²) in [6, 6.07) is 2.35. The molecule has 132 valence electrons. The lowest BCUT2D eigenvalue weighted by Crippen LogP contribution is -2.47. The molecule has 0 bridgehead atoms. The number of rotatable bonds is 5. The molecule has 0 aromatic carbocycles. The van der Waals surface area contributed by atoms with Crippen molar-refractivity contribution in [2.24, 2.45) is 0 Å². The van der Waals surface area contributed by atoms with Crippen molar-refractivity contribution < 1.29 is 22.8 Å². The molecule has 1 aliphatic heterocycles. The second-order valence-electron chi connectivity index (χ2n) is 5.37. The Labute approximate surface area is 141 Å². The molecule has 2 N–H and O–H groups in total. The number of hydrogen-bond donors (Lipinski definition) is 2. The van der Waals surface area contributed by atoms with Crippen molar-refractivity contribution >= 4 is 29.2 Å². The van der Waals surface area contributed by atoms with Crippen LogP contribution in [-0.2, 0) is 9.59 Å². The fourth-order valence-electron chi connectivity index (χ4n) is 2.43. The van der Waals surface area contributed by atoms with Gasteiger partial charge in [0, 0.05) is 6.20 Å². The first-order chi connectivity index (χ1) is 11.2. The van der Waals surface area contributed by atoms with Crippen LogP contribution in [0.5, 0.6) is 0 Å². The van der Waals surface area contributed by atoms with Gasteiger partial charge in [0.25, 0.3) is 0 Å². The zero-order valence-electron chi connectivity index (χ0n) is 12.6. The quantitative estimate of drug-likeness (QED) is 0.835. The predicted molar refractivity (Wildman–Crippen MR) is 81.5 cm³/mol. The maximum absolute atomic E-state index is 12.2. The van der Waals surface area contributed by atoms with Gasteiger partial charge < -0.3 is 10.6 Å². The molecule has 2 amide bonds. The number of likely N-dealkylation sites (tertiary alicyclic amines) is 1. The summed E-state index contributed by atoms with van der Waals surface area (Å²) in [6.07, 6.45) is -2.04. The van der Waals surface area contributed by atoms with Gasteiger partial charge in [0.05, 0.1) is 17.6 Å². The fourth-order valence-corrected chi connectivity index (χ4v) is 2.55. The highest BCUT2D eigenvalue weighted by atomic mass is 35.5. The van der Waals surface area contributed by atoms with Crippen molar-refractivity contribution in [2.45, 2.75) is 25.1 Å². The Kier molecular flexibility index (Phi) is 6.00. The Hall–Kier alpha value is -1.87. The minimum absolute atomic E-state index is 0.103. The number of anilines is 1. The van der Waals surface area contributed by atoms with Gasteiger partial charge in [-0.3, -0.25) is 14.5 Å². The van der Waals surface area contributed by atoms with Crippen LogP contribution in [0.15, 0.2) is 18.3 Å². The van der Waals surface area contributed by atoms with Crippen LogP contribution in [0, 0.1) is 0 Å². The molecule has 1 aromatic heterocycles. The number of amides is 2. The molecule has 0 spiro atoms. The molecule has 0 saturated carbocycles. The summed E-state index contributed by atoms with van der Waals surface area (Å²) in [6.45, 7) is -1.02. The van der Waals surface area contributed by atoms with Gasteiger partial charge in [0.1, 0.15) is 12.4 Å². The van der Waals surface area contributed by atoms with Gasteiger partial charge in [-0.1, -0.05) is 11.6 Å². The van der Waals surface area contributed by atoms with E-state index in [0.717, 1.165) is 0 Å². The van der Waals surface area contributed by atoms with Crippen LogP contribution >= 0.6 is 11.6 Å². The molecule has 1 atom stereocenters. The summed E-state index contributed by atoms with van der Waals surface area (Å²) in [7, 11) is 0. The third-order valence-corrected chi connectivity index (χ3v) is 3.69. The van der Waals surface area contributed by atoms with E-state index in [0.29, 0.717) is 30.2 Å². The molecular formula is C14H16ClF3N4O2. The van der Waals surface area contributed by atoms with Crippen LogP contribution in [0.25, 0.3) is 0 Å². The molecule has 6 nitrogen and oxygen atoms in total. The zero-order valence-corrected chi connectivity index (χ0v) is 13.3. The van der Waals surface area contributed by atoms with E-state index in [1.54, 1.807) is 11.0 Å². The second kappa shape index (κ2) is 7.80. The Morgan fingerprint density at radius 3 is 2.75 bits per heavy atom. The van der Waals surface area contributed by atoms with Crippen LogP contribution < -0.4 is 10.6 Å². The summed E-state index contributed by atoms with van der Waals surface area (Å²) in [4.78, 5) is 29.3. The Bertz CT molecular complexity index is 595. The molecule has 2 rings (SSSR count). The highest BCUT2D eigenvalue weighted by Crippen LogP contribution is 2.18. The van der Waals surface area contributed by atoms with E-state index in [4.69, 9.17) is 11.6 Å². The Morgan fingerprint density at radius 2 is 2.12 bits per heavy atom. The average Bonchev–Trinajstić information content (AvgIpc) is 2.94. The maximum atomic E-state index is 12.2. The third-order valence-electron chi connectivity index (χ3n) is 3.47. The molecule has 1 aromatic rings. The fraction of sp³-hybridized carbons (Fsp3) is 0.500. The summed E-state index contributed by atoms with van der Waals surface area (Å²) in [5.74, 6) is -0.816. The highest BCUT2D eigenvalue weighted by Gasteiger charge is 2.34. The number of halogens is 4. The van der Waals surface area contributed by atoms with E-state index >= 15 is 0 Å². The summed E-state index contributed by atoms with van der Waals surface area (Å²) < 4.78 is 36.5. The number of aromatic nitrogens is 1. The Morgan fingerprint density at radius 1 is 1.38 bits per heavy atom. The van der Waals surface area contributed by atoms with Gasteiger partial charge in [-0.2, -0.15) is 13.2 Å². The van der Waals surface area contributed by atoms with Gasteiger partial charge in [0.15, 0.2) is 0 Å². The number of carbonyl (C=O) groups excluding carboxylic acids is 2. The molecule has 2 heterocycles. The third kappa shape index (κ3) is 5.64. The zero-order chi connectivity index (χ0) is 17.7. The lowest BCUT2D eigenvalue weighted by molar-refractivity contribution is -0.141. The number of alkyl halides is 3. The monoisotopic (exact) mass is 364 g/mol. The number of pyridine rings is 1. The lowest BCUT2D eigenvalue weighted by Gasteiger charge is -2.23. The predicted octanol–water partition coefficient (Wildman–Crippen LogP) is 1.82. The highest BCUT2D eigenvalue weighted by molar-refractivity contribution is 6.30. The number of hydrogen-bond acceptors (Lipinski definition) is 4. The van der Waals surface area contributed by atoms with Gasteiger partial charge in [-0.15, -0.1) is 0 Å². The Balaban J connectivity index is 1.87. The number of nitrogens with one attached hydrogen (secondary N) is 2. The van der Waals surface area contributed by atoms with Crippen LogP contribution in [0.1, 0.15) is 12.8 Å². The first-order valence-electron chi connectivity index (χ1n) is 7.24. The van der Waals surface area contributed by atoms with E-state index in [1.165, 1.54) is 12.3 Å². The SMILES string of the molecule is O=C(CN1CCC[C@@H]1C(=O)NCC(F)(F)F)Nc1ccc(Cl)cn1. The normalized spacial score (nSPS) is 18.4. The van der Waals surface area contributed by atoms with Gasteiger partial charge in [-0.25, -0.2) is 4.98 Å². The van der Waals surface area contributed by atoms with Crippen molar-refractivity contribution in [2.75, 3.05) is 25.0 Å². The van der Waals surface area contributed by atoms with Crippen molar-refractivity contribution in [1.82, 2.24) is 15.2 Å². The smallest absolute Gasteiger partial charge is 0.346 e. The second-order valence-corrected chi connectivity index (χ2v) is 5.81. The summed E-state index contributed by atoms with van der Waals surface area (Å²) in [5.41, 5.74) is 0.